The monoisotopic (exact) mass is 344 g/mol. The Morgan fingerprint density at radius 3 is 2.84 bits per heavy atom. The number of hydrogen-bond acceptors (Lipinski definition) is 6. The third kappa shape index (κ3) is 5.07. The van der Waals surface area contributed by atoms with E-state index in [-0.39, 0.29) is 17.3 Å². The van der Waals surface area contributed by atoms with Crippen LogP contribution in [0.3, 0.4) is 0 Å². The number of rotatable bonds is 8. The number of nitrogens with zero attached hydrogens (tertiary/aromatic N) is 2. The molecular formula is C18H24N4O3. The number of aromatic nitrogens is 2. The van der Waals surface area contributed by atoms with E-state index >= 15 is 0 Å². The standard InChI is InChI=1S/C18H24N4O3/c1-4-6-7-15-12(3)20-18(21-17(15)24)22-19-11-13-8-9-14(25-5-2)10-16(13)23/h8-11,23H,4-7H2,1-3H3,(H2,20,21,22,24). The number of hydrogen-bond donors (Lipinski definition) is 3. The molecule has 0 unspecified atom stereocenters. The molecule has 0 saturated heterocycles. The lowest BCUT2D eigenvalue weighted by molar-refractivity contribution is 0.337. The molecule has 0 aliphatic carbocycles. The summed E-state index contributed by atoms with van der Waals surface area (Å²) in [5.74, 6) is 0.919. The van der Waals surface area contributed by atoms with Gasteiger partial charge in [0.2, 0.25) is 5.95 Å². The lowest BCUT2D eigenvalue weighted by atomic mass is 10.1. The number of benzene rings is 1. The Bertz CT molecular complexity index is 799. The molecule has 0 radical (unpaired) electrons. The Morgan fingerprint density at radius 1 is 1.40 bits per heavy atom. The van der Waals surface area contributed by atoms with Gasteiger partial charge in [0.15, 0.2) is 0 Å². The van der Waals surface area contributed by atoms with Gasteiger partial charge in [-0.3, -0.25) is 9.78 Å². The van der Waals surface area contributed by atoms with Crippen molar-refractivity contribution in [3.63, 3.8) is 0 Å². The molecule has 2 rings (SSSR count). The number of H-pyrrole nitrogens is 1. The van der Waals surface area contributed by atoms with Gasteiger partial charge in [-0.1, -0.05) is 13.3 Å². The molecule has 1 aromatic carbocycles. The molecule has 0 fully saturated rings. The molecule has 0 amide bonds. The van der Waals surface area contributed by atoms with E-state index < -0.39 is 0 Å². The van der Waals surface area contributed by atoms with Gasteiger partial charge in [0.1, 0.15) is 11.5 Å². The maximum absolute atomic E-state index is 12.1. The molecule has 2 aromatic rings. The zero-order valence-electron chi connectivity index (χ0n) is 14.8. The second-order valence-electron chi connectivity index (χ2n) is 5.61. The van der Waals surface area contributed by atoms with Crippen molar-refractivity contribution >= 4 is 12.2 Å². The Hall–Kier alpha value is -2.83. The number of anilines is 1. The van der Waals surface area contributed by atoms with E-state index in [4.69, 9.17) is 4.74 Å². The van der Waals surface area contributed by atoms with E-state index in [9.17, 15) is 9.90 Å². The Kier molecular flexibility index (Phi) is 6.56. The summed E-state index contributed by atoms with van der Waals surface area (Å²) in [6, 6.07) is 4.97. The summed E-state index contributed by atoms with van der Waals surface area (Å²) in [6.45, 7) is 6.30. The minimum Gasteiger partial charge on any atom is -0.507 e. The summed E-state index contributed by atoms with van der Waals surface area (Å²) in [7, 11) is 0. The van der Waals surface area contributed by atoms with Crippen LogP contribution in [-0.4, -0.2) is 27.9 Å². The third-order valence-electron chi connectivity index (χ3n) is 3.69. The summed E-state index contributed by atoms with van der Waals surface area (Å²) < 4.78 is 5.31. The number of aryl methyl sites for hydroxylation is 1. The SMILES string of the molecule is CCCCc1c(C)nc(NN=Cc2ccc(OCC)cc2O)[nH]c1=O. The number of ether oxygens (including phenoxy) is 1. The van der Waals surface area contributed by atoms with E-state index in [2.05, 4.69) is 27.4 Å². The lowest BCUT2D eigenvalue weighted by Crippen LogP contribution is -2.18. The van der Waals surface area contributed by atoms with Gasteiger partial charge in [0.25, 0.3) is 5.56 Å². The summed E-state index contributed by atoms with van der Waals surface area (Å²) >= 11 is 0. The van der Waals surface area contributed by atoms with Gasteiger partial charge in [-0.15, -0.1) is 0 Å². The van der Waals surface area contributed by atoms with Crippen LogP contribution in [0, 0.1) is 6.92 Å². The highest BCUT2D eigenvalue weighted by molar-refractivity contribution is 5.84. The normalized spacial score (nSPS) is 11.0. The first-order valence-electron chi connectivity index (χ1n) is 8.39. The number of nitrogens with one attached hydrogen (secondary N) is 2. The van der Waals surface area contributed by atoms with Crippen LogP contribution >= 0.6 is 0 Å². The van der Waals surface area contributed by atoms with E-state index in [0.717, 1.165) is 12.8 Å². The first kappa shape index (κ1) is 18.5. The Morgan fingerprint density at radius 2 is 2.20 bits per heavy atom. The Labute approximate surface area is 146 Å². The van der Waals surface area contributed by atoms with Crippen LogP contribution in [0.5, 0.6) is 11.5 Å². The van der Waals surface area contributed by atoms with E-state index in [0.29, 0.717) is 35.6 Å². The number of hydrazone groups is 1. The molecule has 7 nitrogen and oxygen atoms in total. The van der Waals surface area contributed by atoms with Crippen molar-refractivity contribution in [3.05, 3.63) is 45.4 Å². The van der Waals surface area contributed by atoms with E-state index in [1.165, 1.54) is 12.3 Å². The summed E-state index contributed by atoms with van der Waals surface area (Å²) in [5.41, 5.74) is 4.46. The number of phenols is 1. The summed E-state index contributed by atoms with van der Waals surface area (Å²) in [4.78, 5) is 19.1. The molecule has 1 aromatic heterocycles. The molecular weight excluding hydrogens is 320 g/mol. The number of aromatic hydroxyl groups is 1. The second kappa shape index (κ2) is 8.86. The van der Waals surface area contributed by atoms with Gasteiger partial charge < -0.3 is 9.84 Å². The molecule has 1 heterocycles. The zero-order valence-corrected chi connectivity index (χ0v) is 14.8. The van der Waals surface area contributed by atoms with Crippen molar-refractivity contribution in [2.75, 3.05) is 12.0 Å². The fraction of sp³-hybridized carbons (Fsp3) is 0.389. The molecule has 0 saturated carbocycles. The van der Waals surface area contributed by atoms with E-state index in [1.54, 1.807) is 12.1 Å². The molecule has 0 aliphatic rings. The van der Waals surface area contributed by atoms with Crippen molar-refractivity contribution < 1.29 is 9.84 Å². The largest absolute Gasteiger partial charge is 0.507 e. The quantitative estimate of drug-likeness (QED) is 0.505. The summed E-state index contributed by atoms with van der Waals surface area (Å²) in [6.07, 6.45) is 4.14. The smallest absolute Gasteiger partial charge is 0.255 e. The second-order valence-corrected chi connectivity index (χ2v) is 5.61. The minimum absolute atomic E-state index is 0.0593. The molecule has 134 valence electrons. The maximum atomic E-state index is 12.1. The number of unbranched alkanes of at least 4 members (excludes halogenated alkanes) is 1. The van der Waals surface area contributed by atoms with Gasteiger partial charge in [-0.05, 0) is 38.8 Å². The molecule has 0 atom stereocenters. The van der Waals surface area contributed by atoms with Crippen LogP contribution < -0.4 is 15.7 Å². The van der Waals surface area contributed by atoms with Gasteiger partial charge in [-0.25, -0.2) is 10.4 Å². The van der Waals surface area contributed by atoms with Gasteiger partial charge in [0.05, 0.1) is 12.8 Å². The van der Waals surface area contributed by atoms with Gasteiger partial charge >= 0.3 is 0 Å². The average molecular weight is 344 g/mol. The molecule has 0 bridgehead atoms. The van der Waals surface area contributed by atoms with Crippen LogP contribution in [0.1, 0.15) is 43.5 Å². The lowest BCUT2D eigenvalue weighted by Gasteiger charge is -2.06. The maximum Gasteiger partial charge on any atom is 0.255 e. The third-order valence-corrected chi connectivity index (χ3v) is 3.69. The predicted octanol–water partition coefficient (Wildman–Crippen LogP) is 2.97. The number of aromatic amines is 1. The van der Waals surface area contributed by atoms with Crippen molar-refractivity contribution in [2.45, 2.75) is 40.0 Å². The molecule has 7 heteroatoms. The van der Waals surface area contributed by atoms with Crippen molar-refractivity contribution in [1.29, 1.82) is 0 Å². The summed E-state index contributed by atoms with van der Waals surface area (Å²) in [5, 5.41) is 14.0. The highest BCUT2D eigenvalue weighted by Crippen LogP contribution is 2.22. The highest BCUT2D eigenvalue weighted by Gasteiger charge is 2.07. The van der Waals surface area contributed by atoms with Crippen LogP contribution in [-0.2, 0) is 6.42 Å². The van der Waals surface area contributed by atoms with Crippen molar-refractivity contribution in [3.8, 4) is 11.5 Å². The fourth-order valence-corrected chi connectivity index (χ4v) is 2.36. The number of phenolic OH excluding ortho intramolecular Hbond substituents is 1. The molecule has 0 spiro atoms. The highest BCUT2D eigenvalue weighted by atomic mass is 16.5. The predicted molar refractivity (Wildman–Crippen MR) is 98.7 cm³/mol. The van der Waals surface area contributed by atoms with Crippen molar-refractivity contribution in [1.82, 2.24) is 9.97 Å². The van der Waals surface area contributed by atoms with Gasteiger partial charge in [0, 0.05) is 22.9 Å². The van der Waals surface area contributed by atoms with Crippen LogP contribution in [0.15, 0.2) is 28.1 Å². The fourth-order valence-electron chi connectivity index (χ4n) is 2.36. The Balaban J connectivity index is 2.08. The molecule has 3 N–H and O–H groups in total. The van der Waals surface area contributed by atoms with Crippen LogP contribution in [0.4, 0.5) is 5.95 Å². The zero-order chi connectivity index (χ0) is 18.2. The topological polar surface area (TPSA) is 99.6 Å². The van der Waals surface area contributed by atoms with Gasteiger partial charge in [-0.2, -0.15) is 5.10 Å². The van der Waals surface area contributed by atoms with E-state index in [1.807, 2.05) is 13.8 Å². The first-order valence-corrected chi connectivity index (χ1v) is 8.39. The van der Waals surface area contributed by atoms with Crippen LogP contribution in [0.2, 0.25) is 0 Å². The minimum atomic E-state index is -0.150. The van der Waals surface area contributed by atoms with Crippen molar-refractivity contribution in [2.24, 2.45) is 5.10 Å². The van der Waals surface area contributed by atoms with Crippen LogP contribution in [0.25, 0.3) is 0 Å². The molecule has 25 heavy (non-hydrogen) atoms. The molecule has 0 aliphatic heterocycles. The first-order chi connectivity index (χ1) is 12.0. The average Bonchev–Trinajstić information content (AvgIpc) is 2.56.